The van der Waals surface area contributed by atoms with Crippen molar-refractivity contribution in [2.75, 3.05) is 6.54 Å². The Kier molecular flexibility index (Phi) is 7.99. The van der Waals surface area contributed by atoms with Crippen molar-refractivity contribution < 1.29 is 24.3 Å². The van der Waals surface area contributed by atoms with Crippen molar-refractivity contribution in [2.24, 2.45) is 0 Å². The molecule has 1 amide bonds. The summed E-state index contributed by atoms with van der Waals surface area (Å²) in [6, 6.07) is 6.79. The highest BCUT2D eigenvalue weighted by molar-refractivity contribution is 5.95. The quantitative estimate of drug-likeness (QED) is 0.295. The molecule has 0 bridgehead atoms. The predicted octanol–water partition coefficient (Wildman–Crippen LogP) is 3.46. The lowest BCUT2D eigenvalue weighted by molar-refractivity contribution is -0.155. The Bertz CT molecular complexity index is 687. The normalized spacial score (nSPS) is 11.5. The van der Waals surface area contributed by atoms with Crippen molar-refractivity contribution in [3.63, 3.8) is 0 Å². The lowest BCUT2D eigenvalue weighted by atomic mass is 10.1. The second-order valence-electron chi connectivity index (χ2n) is 8.42. The molecule has 0 saturated carbocycles. The summed E-state index contributed by atoms with van der Waals surface area (Å²) in [5.74, 6) is -0.514. The maximum Gasteiger partial charge on any atom is 0.410 e. The van der Waals surface area contributed by atoms with Crippen LogP contribution in [0.4, 0.5) is 4.79 Å². The van der Waals surface area contributed by atoms with Crippen LogP contribution in [0.5, 0.6) is 0 Å². The molecular formula is C20H31N3O5. The highest BCUT2D eigenvalue weighted by atomic mass is 16.6. The standard InChI is InChI=1S/C20H31N3O5/c1-19(2,3)27-16(24)11-12-23(18(25)28-20(4,5)6)13-14-7-9-15(10-8-14)17(21)22-26/h7-10,26H,11-13H2,1-6H3,(H2,21,22). The zero-order chi connectivity index (χ0) is 21.5. The number of rotatable bonds is 6. The number of amidine groups is 1. The lowest BCUT2D eigenvalue weighted by Crippen LogP contribution is -2.38. The van der Waals surface area contributed by atoms with Gasteiger partial charge in [0, 0.05) is 18.7 Å². The highest BCUT2D eigenvalue weighted by Crippen LogP contribution is 2.15. The molecular weight excluding hydrogens is 362 g/mol. The molecule has 1 aromatic rings. The summed E-state index contributed by atoms with van der Waals surface area (Å²) >= 11 is 0. The molecule has 28 heavy (non-hydrogen) atoms. The van der Waals surface area contributed by atoms with E-state index in [1.165, 1.54) is 4.90 Å². The van der Waals surface area contributed by atoms with E-state index in [1.54, 1.807) is 71.3 Å². The summed E-state index contributed by atoms with van der Waals surface area (Å²) in [5, 5.41) is 16.3. The van der Waals surface area contributed by atoms with Gasteiger partial charge in [-0.25, -0.2) is 4.79 Å². The molecule has 1 aromatic carbocycles. The summed E-state index contributed by atoms with van der Waals surface area (Å²) in [5.41, 5.74) is 1.84. The van der Waals surface area contributed by atoms with Crippen LogP contribution < -0.4 is 5.48 Å². The number of hydrogen-bond acceptors (Lipinski definition) is 6. The second-order valence-corrected chi connectivity index (χ2v) is 8.42. The molecule has 1 rings (SSSR count). The van der Waals surface area contributed by atoms with Gasteiger partial charge >= 0.3 is 12.1 Å². The first-order valence-corrected chi connectivity index (χ1v) is 9.08. The van der Waals surface area contributed by atoms with Crippen LogP contribution in [0.3, 0.4) is 0 Å². The zero-order valence-corrected chi connectivity index (χ0v) is 17.5. The molecule has 0 aliphatic heterocycles. The Hall–Kier alpha value is -2.61. The predicted molar refractivity (Wildman–Crippen MR) is 105 cm³/mol. The van der Waals surface area contributed by atoms with Gasteiger partial charge in [-0.3, -0.25) is 20.9 Å². The number of benzene rings is 1. The first kappa shape index (κ1) is 23.4. The third-order valence-corrected chi connectivity index (χ3v) is 3.39. The number of carbonyl (C=O) groups is 2. The maximum atomic E-state index is 12.6. The molecule has 8 heteroatoms. The van der Waals surface area contributed by atoms with Gasteiger partial charge in [0.1, 0.15) is 17.0 Å². The SMILES string of the molecule is CC(C)(C)OC(=O)CCN(Cc1ccc(C(=N)NO)cc1)C(=O)OC(C)(C)C. The molecule has 0 aliphatic carbocycles. The number of hydroxylamine groups is 1. The van der Waals surface area contributed by atoms with Gasteiger partial charge in [0.15, 0.2) is 0 Å². The van der Waals surface area contributed by atoms with Crippen molar-refractivity contribution in [3.05, 3.63) is 35.4 Å². The van der Waals surface area contributed by atoms with Gasteiger partial charge in [0.05, 0.1) is 6.42 Å². The van der Waals surface area contributed by atoms with E-state index in [2.05, 4.69) is 0 Å². The highest BCUT2D eigenvalue weighted by Gasteiger charge is 2.24. The number of nitrogens with zero attached hydrogens (tertiary/aromatic N) is 1. The average Bonchev–Trinajstić information content (AvgIpc) is 2.55. The van der Waals surface area contributed by atoms with E-state index in [0.717, 1.165) is 5.56 Å². The smallest absolute Gasteiger partial charge is 0.410 e. The van der Waals surface area contributed by atoms with Crippen molar-refractivity contribution >= 4 is 17.9 Å². The van der Waals surface area contributed by atoms with Gasteiger partial charge < -0.3 is 14.4 Å². The summed E-state index contributed by atoms with van der Waals surface area (Å²) in [4.78, 5) is 26.0. The Morgan fingerprint density at radius 2 is 1.57 bits per heavy atom. The second kappa shape index (κ2) is 9.54. The molecule has 0 aliphatic rings. The fourth-order valence-corrected chi connectivity index (χ4v) is 2.24. The maximum absolute atomic E-state index is 12.6. The number of hydrogen-bond donors (Lipinski definition) is 3. The van der Waals surface area contributed by atoms with Crippen molar-refractivity contribution in [3.8, 4) is 0 Å². The van der Waals surface area contributed by atoms with E-state index in [1.807, 2.05) is 0 Å². The summed E-state index contributed by atoms with van der Waals surface area (Å²) < 4.78 is 10.7. The first-order valence-electron chi connectivity index (χ1n) is 9.08. The van der Waals surface area contributed by atoms with Crippen LogP contribution in [-0.4, -0.2) is 45.8 Å². The van der Waals surface area contributed by atoms with E-state index >= 15 is 0 Å². The minimum Gasteiger partial charge on any atom is -0.460 e. The molecule has 3 N–H and O–H groups in total. The summed E-state index contributed by atoms with van der Waals surface area (Å²) in [6.07, 6.45) is -0.474. The van der Waals surface area contributed by atoms with Gasteiger partial charge in [0.25, 0.3) is 0 Å². The number of ether oxygens (including phenoxy) is 2. The molecule has 0 radical (unpaired) electrons. The summed E-state index contributed by atoms with van der Waals surface area (Å²) in [7, 11) is 0. The first-order chi connectivity index (χ1) is 12.8. The molecule has 0 aromatic heterocycles. The summed E-state index contributed by atoms with van der Waals surface area (Å²) in [6.45, 7) is 11.1. The topological polar surface area (TPSA) is 112 Å². The lowest BCUT2D eigenvalue weighted by Gasteiger charge is -2.28. The van der Waals surface area contributed by atoms with Crippen molar-refractivity contribution in [2.45, 2.75) is 65.7 Å². The number of nitrogens with one attached hydrogen (secondary N) is 2. The third-order valence-electron chi connectivity index (χ3n) is 3.39. The van der Waals surface area contributed by atoms with Crippen LogP contribution in [0, 0.1) is 5.41 Å². The molecule has 0 unspecified atom stereocenters. The van der Waals surface area contributed by atoms with Crippen molar-refractivity contribution in [1.82, 2.24) is 10.4 Å². The van der Waals surface area contributed by atoms with Crippen molar-refractivity contribution in [1.29, 1.82) is 5.41 Å². The van der Waals surface area contributed by atoms with E-state index in [4.69, 9.17) is 20.1 Å². The van der Waals surface area contributed by atoms with Crippen LogP contribution in [0.25, 0.3) is 0 Å². The van der Waals surface area contributed by atoms with Gasteiger partial charge in [0.2, 0.25) is 0 Å². The molecule has 0 spiro atoms. The molecule has 0 heterocycles. The Labute approximate surface area is 166 Å². The van der Waals surface area contributed by atoms with Crippen LogP contribution in [0.15, 0.2) is 24.3 Å². The van der Waals surface area contributed by atoms with Gasteiger partial charge in [-0.15, -0.1) is 0 Å². The van der Waals surface area contributed by atoms with Gasteiger partial charge in [-0.05, 0) is 47.1 Å². The number of amides is 1. The minimum absolute atomic E-state index is 0.0493. The Morgan fingerprint density at radius 3 is 2.04 bits per heavy atom. The number of esters is 1. The molecule has 8 nitrogen and oxygen atoms in total. The Morgan fingerprint density at radius 1 is 1.04 bits per heavy atom. The molecule has 156 valence electrons. The van der Waals surface area contributed by atoms with Crippen LogP contribution in [0.2, 0.25) is 0 Å². The van der Waals surface area contributed by atoms with Gasteiger partial charge in [-0.1, -0.05) is 24.3 Å². The van der Waals surface area contributed by atoms with E-state index < -0.39 is 17.3 Å². The molecule has 0 atom stereocenters. The third kappa shape index (κ3) is 8.85. The molecule has 0 saturated heterocycles. The van der Waals surface area contributed by atoms with Crippen LogP contribution in [0.1, 0.15) is 59.1 Å². The fraction of sp³-hybridized carbons (Fsp3) is 0.550. The largest absolute Gasteiger partial charge is 0.460 e. The number of carbonyl (C=O) groups excluding carboxylic acids is 2. The molecule has 0 fully saturated rings. The zero-order valence-electron chi connectivity index (χ0n) is 17.5. The fourth-order valence-electron chi connectivity index (χ4n) is 2.24. The van der Waals surface area contributed by atoms with Crippen LogP contribution in [-0.2, 0) is 20.8 Å². The monoisotopic (exact) mass is 393 g/mol. The van der Waals surface area contributed by atoms with Crippen LogP contribution >= 0.6 is 0 Å². The average molecular weight is 393 g/mol. The minimum atomic E-state index is -0.660. The van der Waals surface area contributed by atoms with Gasteiger partial charge in [-0.2, -0.15) is 0 Å². The van der Waals surface area contributed by atoms with E-state index in [-0.39, 0.29) is 31.3 Å². The Balaban J connectivity index is 2.87. The van der Waals surface area contributed by atoms with E-state index in [9.17, 15) is 9.59 Å². The van der Waals surface area contributed by atoms with E-state index in [0.29, 0.717) is 5.56 Å².